The second-order valence-electron chi connectivity index (χ2n) is 3.55. The largest absolute Gasteiger partial charge is 0.339 e. The van der Waals surface area contributed by atoms with Crippen LogP contribution in [0.4, 0.5) is 17.3 Å². The molecule has 4 N–H and O–H groups in total. The van der Waals surface area contributed by atoms with Crippen LogP contribution in [0.3, 0.4) is 0 Å². The highest BCUT2D eigenvalue weighted by Crippen LogP contribution is 2.32. The lowest BCUT2D eigenvalue weighted by Crippen LogP contribution is -2.10. The van der Waals surface area contributed by atoms with Gasteiger partial charge in [-0.2, -0.15) is 0 Å². The number of hydrogen-bond acceptors (Lipinski definition) is 4. The van der Waals surface area contributed by atoms with Gasteiger partial charge in [-0.05, 0) is 40.2 Å². The summed E-state index contributed by atoms with van der Waals surface area (Å²) in [5.74, 6) is 6.09. The van der Waals surface area contributed by atoms with Crippen LogP contribution in [0.2, 0.25) is 15.1 Å². The topological polar surface area (TPSA) is 63.0 Å². The van der Waals surface area contributed by atoms with Crippen molar-refractivity contribution in [2.45, 2.75) is 0 Å². The van der Waals surface area contributed by atoms with E-state index in [2.05, 4.69) is 31.7 Å². The lowest BCUT2D eigenvalue weighted by Gasteiger charge is -2.11. The Bertz CT molecular complexity index is 621. The van der Waals surface area contributed by atoms with Gasteiger partial charge in [0.2, 0.25) is 0 Å². The molecule has 2 aromatic rings. The van der Waals surface area contributed by atoms with E-state index in [-0.39, 0.29) is 0 Å². The van der Waals surface area contributed by atoms with Crippen LogP contribution in [0.5, 0.6) is 0 Å². The molecule has 0 saturated carbocycles. The van der Waals surface area contributed by atoms with Crippen molar-refractivity contribution in [3.05, 3.63) is 43.8 Å². The molecule has 0 saturated heterocycles. The van der Waals surface area contributed by atoms with E-state index in [9.17, 15) is 0 Å². The third kappa shape index (κ3) is 3.43. The molecule has 0 radical (unpaired) electrons. The molecule has 0 atom stereocenters. The van der Waals surface area contributed by atoms with Crippen LogP contribution in [0.15, 0.2) is 28.7 Å². The Balaban J connectivity index is 2.34. The fraction of sp³-hybridized carbons (Fsp3) is 0. The molecule has 2 rings (SSSR count). The van der Waals surface area contributed by atoms with Gasteiger partial charge in [0.15, 0.2) is 11.6 Å². The van der Waals surface area contributed by atoms with Crippen molar-refractivity contribution in [3.63, 3.8) is 0 Å². The van der Waals surface area contributed by atoms with E-state index in [1.165, 1.54) is 0 Å². The van der Waals surface area contributed by atoms with Crippen molar-refractivity contribution >= 4 is 68.1 Å². The Kier molecular flexibility index (Phi) is 4.76. The zero-order valence-corrected chi connectivity index (χ0v) is 13.2. The highest BCUT2D eigenvalue weighted by atomic mass is 79.9. The highest BCUT2D eigenvalue weighted by Gasteiger charge is 2.09. The summed E-state index contributed by atoms with van der Waals surface area (Å²) in [6.07, 6.45) is 0. The van der Waals surface area contributed by atoms with E-state index in [0.29, 0.717) is 26.7 Å². The summed E-state index contributed by atoms with van der Waals surface area (Å²) in [6.45, 7) is 0. The van der Waals surface area contributed by atoms with Gasteiger partial charge < -0.3 is 10.7 Å². The molecule has 0 aliphatic heterocycles. The van der Waals surface area contributed by atoms with E-state index in [0.717, 1.165) is 10.2 Å². The molecule has 4 nitrogen and oxygen atoms in total. The average Bonchev–Trinajstić information content (AvgIpc) is 2.37. The third-order valence-electron chi connectivity index (χ3n) is 2.25. The molecule has 19 heavy (non-hydrogen) atoms. The lowest BCUT2D eigenvalue weighted by molar-refractivity contribution is 1.22. The summed E-state index contributed by atoms with van der Waals surface area (Å²) in [6, 6.07) is 6.91. The third-order valence-corrected chi connectivity index (χ3v) is 4.04. The Morgan fingerprint density at radius 2 is 1.68 bits per heavy atom. The standard InChI is InChI=1S/C11H8BrCl3N4/c12-6-3-5(1-2-7(6)13)17-10-8(14)4-9(15)11(18-10)19-16/h1-4H,16H2,(H2,17,18,19). The number of benzene rings is 1. The molecular weight excluding hydrogens is 374 g/mol. The summed E-state index contributed by atoms with van der Waals surface area (Å²) in [4.78, 5) is 4.18. The minimum absolute atomic E-state index is 0.335. The summed E-state index contributed by atoms with van der Waals surface area (Å²) in [5.41, 5.74) is 3.17. The van der Waals surface area contributed by atoms with Crippen molar-refractivity contribution in [2.24, 2.45) is 5.84 Å². The zero-order chi connectivity index (χ0) is 14.0. The van der Waals surface area contributed by atoms with Crippen LogP contribution in [0.25, 0.3) is 0 Å². The molecule has 0 bridgehead atoms. The second-order valence-corrected chi connectivity index (χ2v) is 5.62. The van der Waals surface area contributed by atoms with Crippen LogP contribution in [0.1, 0.15) is 0 Å². The highest BCUT2D eigenvalue weighted by molar-refractivity contribution is 9.10. The van der Waals surface area contributed by atoms with Gasteiger partial charge in [0, 0.05) is 10.2 Å². The first-order valence-corrected chi connectivity index (χ1v) is 6.98. The number of nitrogens with two attached hydrogens (primary N) is 1. The van der Waals surface area contributed by atoms with E-state index in [1.807, 2.05) is 6.07 Å². The maximum atomic E-state index is 6.06. The van der Waals surface area contributed by atoms with Gasteiger partial charge in [0.1, 0.15) is 0 Å². The fourth-order valence-corrected chi connectivity index (χ4v) is 2.32. The molecule has 8 heteroatoms. The van der Waals surface area contributed by atoms with Gasteiger partial charge in [-0.1, -0.05) is 34.8 Å². The van der Waals surface area contributed by atoms with Crippen molar-refractivity contribution in [1.82, 2.24) is 4.98 Å². The number of nitrogens with zero attached hydrogens (tertiary/aromatic N) is 1. The van der Waals surface area contributed by atoms with E-state index in [4.69, 9.17) is 40.6 Å². The van der Waals surface area contributed by atoms with Gasteiger partial charge in [0.25, 0.3) is 0 Å². The minimum Gasteiger partial charge on any atom is -0.339 e. The second kappa shape index (κ2) is 6.15. The maximum absolute atomic E-state index is 6.06. The molecule has 0 spiro atoms. The van der Waals surface area contributed by atoms with E-state index in [1.54, 1.807) is 18.2 Å². The molecular formula is C11H8BrCl3N4. The smallest absolute Gasteiger partial charge is 0.161 e. The molecule has 0 fully saturated rings. The first-order chi connectivity index (χ1) is 9.01. The summed E-state index contributed by atoms with van der Waals surface area (Å²) in [5, 5.41) is 4.40. The molecule has 0 aliphatic rings. The van der Waals surface area contributed by atoms with Crippen LogP contribution in [-0.2, 0) is 0 Å². The van der Waals surface area contributed by atoms with Gasteiger partial charge in [-0.3, -0.25) is 0 Å². The van der Waals surface area contributed by atoms with Crippen molar-refractivity contribution in [2.75, 3.05) is 10.7 Å². The monoisotopic (exact) mass is 380 g/mol. The Morgan fingerprint density at radius 3 is 2.32 bits per heavy atom. The number of anilines is 3. The number of aromatic nitrogens is 1. The Hall–Kier alpha value is -0.720. The molecule has 1 heterocycles. The molecule has 0 amide bonds. The fourth-order valence-electron chi connectivity index (χ4n) is 1.37. The Morgan fingerprint density at radius 1 is 1.00 bits per heavy atom. The van der Waals surface area contributed by atoms with Crippen molar-refractivity contribution in [3.8, 4) is 0 Å². The van der Waals surface area contributed by atoms with Crippen LogP contribution in [0, 0.1) is 0 Å². The number of hydrazine groups is 1. The zero-order valence-electron chi connectivity index (χ0n) is 9.35. The first-order valence-electron chi connectivity index (χ1n) is 5.06. The first kappa shape index (κ1) is 14.7. The number of halogens is 4. The Labute approximate surface area is 133 Å². The number of hydrogen-bond donors (Lipinski definition) is 3. The summed E-state index contributed by atoms with van der Waals surface area (Å²) in [7, 11) is 0. The van der Waals surface area contributed by atoms with Gasteiger partial charge in [0.05, 0.1) is 15.1 Å². The van der Waals surface area contributed by atoms with E-state index < -0.39 is 0 Å². The maximum Gasteiger partial charge on any atom is 0.161 e. The molecule has 100 valence electrons. The number of nitrogens with one attached hydrogen (secondary N) is 2. The predicted molar refractivity (Wildman–Crippen MR) is 84.5 cm³/mol. The van der Waals surface area contributed by atoms with Crippen LogP contribution < -0.4 is 16.6 Å². The molecule has 0 aliphatic carbocycles. The average molecular weight is 382 g/mol. The number of nitrogen functional groups attached to an aromatic ring is 1. The summed E-state index contributed by atoms with van der Waals surface area (Å²) >= 11 is 21.2. The normalized spacial score (nSPS) is 10.4. The van der Waals surface area contributed by atoms with E-state index >= 15 is 0 Å². The van der Waals surface area contributed by atoms with Crippen molar-refractivity contribution in [1.29, 1.82) is 0 Å². The predicted octanol–water partition coefficient (Wildman–Crippen LogP) is 4.83. The number of pyridine rings is 1. The van der Waals surface area contributed by atoms with Gasteiger partial charge in [-0.25, -0.2) is 10.8 Å². The molecule has 1 aromatic heterocycles. The van der Waals surface area contributed by atoms with Crippen LogP contribution in [-0.4, -0.2) is 4.98 Å². The van der Waals surface area contributed by atoms with Crippen LogP contribution >= 0.6 is 50.7 Å². The van der Waals surface area contributed by atoms with Gasteiger partial charge in [-0.15, -0.1) is 0 Å². The summed E-state index contributed by atoms with van der Waals surface area (Å²) < 4.78 is 0.765. The van der Waals surface area contributed by atoms with Gasteiger partial charge >= 0.3 is 0 Å². The number of rotatable bonds is 3. The lowest BCUT2D eigenvalue weighted by atomic mass is 10.3. The van der Waals surface area contributed by atoms with Crippen molar-refractivity contribution < 1.29 is 0 Å². The molecule has 0 unspecified atom stereocenters. The minimum atomic E-state index is 0.335. The molecule has 1 aromatic carbocycles. The quantitative estimate of drug-likeness (QED) is 0.525. The SMILES string of the molecule is NNc1nc(Nc2ccc(Cl)c(Br)c2)c(Cl)cc1Cl.